The Kier molecular flexibility index (Phi) is 5.43. The third-order valence-electron chi connectivity index (χ3n) is 6.34. The first-order valence-corrected chi connectivity index (χ1v) is 11.2. The number of rotatable bonds is 3. The molecule has 3 amide bonds. The highest BCUT2D eigenvalue weighted by Crippen LogP contribution is 2.48. The van der Waals surface area contributed by atoms with E-state index in [-0.39, 0.29) is 24.0 Å². The number of nitrogens with one attached hydrogen (secondary N) is 3. The zero-order valence-corrected chi connectivity index (χ0v) is 18.6. The highest BCUT2D eigenvalue weighted by atomic mass is 35.5. The minimum atomic E-state index is -4.48. The molecule has 2 aliphatic rings. The van der Waals surface area contributed by atoms with E-state index in [4.69, 9.17) is 16.0 Å². The van der Waals surface area contributed by atoms with Crippen molar-refractivity contribution < 1.29 is 27.2 Å². The summed E-state index contributed by atoms with van der Waals surface area (Å²) in [7, 11) is 0. The Morgan fingerprint density at radius 3 is 2.65 bits per heavy atom. The maximum absolute atomic E-state index is 12.8. The van der Waals surface area contributed by atoms with Gasteiger partial charge in [0.1, 0.15) is 5.58 Å². The molecule has 3 heterocycles. The van der Waals surface area contributed by atoms with Crippen LogP contribution in [-0.2, 0) is 18.3 Å². The average molecular weight is 493 g/mol. The molecule has 1 aliphatic heterocycles. The standard InChI is InChI=1S/C23H20ClF3N4O3/c24-15-8-12-9-16(20(32)29-11-14-5-4-13(10-28-14)23(25,26)27)34-19(12)17-18(15)30-21(33)31-22(17)6-2-1-3-7-22/h4-5,8-10H,1-3,6-7,11H2,(H,29,32)(H2,30,31,33). The summed E-state index contributed by atoms with van der Waals surface area (Å²) in [6.07, 6.45) is 0.627. The summed E-state index contributed by atoms with van der Waals surface area (Å²) in [5.41, 5.74) is 0.457. The normalized spacial score (nSPS) is 17.2. The fourth-order valence-electron chi connectivity index (χ4n) is 4.75. The average Bonchev–Trinajstić information content (AvgIpc) is 3.21. The zero-order chi connectivity index (χ0) is 24.1. The number of anilines is 1. The van der Waals surface area contributed by atoms with E-state index in [1.165, 1.54) is 6.07 Å². The van der Waals surface area contributed by atoms with E-state index < -0.39 is 23.2 Å². The lowest BCUT2D eigenvalue weighted by atomic mass is 9.74. The van der Waals surface area contributed by atoms with Crippen LogP contribution in [0.25, 0.3) is 11.0 Å². The molecule has 1 spiro atoms. The molecular formula is C23H20ClF3N4O3. The number of furan rings is 1. The van der Waals surface area contributed by atoms with Crippen LogP contribution in [-0.4, -0.2) is 16.9 Å². The van der Waals surface area contributed by atoms with Gasteiger partial charge >= 0.3 is 12.2 Å². The lowest BCUT2D eigenvalue weighted by Gasteiger charge is -2.42. The first kappa shape index (κ1) is 22.5. The van der Waals surface area contributed by atoms with Gasteiger partial charge in [-0.05, 0) is 37.1 Å². The Balaban J connectivity index is 1.44. The largest absolute Gasteiger partial charge is 0.450 e. The quantitative estimate of drug-likeness (QED) is 0.435. The number of hydrogen-bond donors (Lipinski definition) is 3. The Morgan fingerprint density at radius 1 is 1.21 bits per heavy atom. The molecule has 0 unspecified atom stereocenters. The van der Waals surface area contributed by atoms with E-state index in [9.17, 15) is 22.8 Å². The van der Waals surface area contributed by atoms with E-state index in [1.54, 1.807) is 12.1 Å². The molecule has 5 rings (SSSR count). The van der Waals surface area contributed by atoms with Gasteiger partial charge < -0.3 is 20.4 Å². The molecule has 3 aromatic rings. The highest BCUT2D eigenvalue weighted by molar-refractivity contribution is 6.35. The van der Waals surface area contributed by atoms with Gasteiger partial charge in [-0.15, -0.1) is 0 Å². The van der Waals surface area contributed by atoms with Gasteiger partial charge in [-0.25, -0.2) is 4.79 Å². The Morgan fingerprint density at radius 2 is 1.97 bits per heavy atom. The number of amides is 3. The first-order valence-electron chi connectivity index (χ1n) is 10.8. The number of aromatic nitrogens is 1. The predicted molar refractivity (Wildman–Crippen MR) is 119 cm³/mol. The number of urea groups is 1. The molecule has 1 fully saturated rings. The number of hydrogen-bond acceptors (Lipinski definition) is 4. The number of pyridine rings is 1. The van der Waals surface area contributed by atoms with Crippen molar-refractivity contribution in [3.8, 4) is 0 Å². The van der Waals surface area contributed by atoms with Gasteiger partial charge in [0, 0.05) is 17.1 Å². The van der Waals surface area contributed by atoms with Crippen molar-refractivity contribution in [2.24, 2.45) is 0 Å². The number of alkyl halides is 3. The van der Waals surface area contributed by atoms with Crippen LogP contribution in [0.3, 0.4) is 0 Å². The second-order valence-corrected chi connectivity index (χ2v) is 8.99. The molecular weight excluding hydrogens is 473 g/mol. The fraction of sp³-hybridized carbons (Fsp3) is 0.348. The minimum Gasteiger partial charge on any atom is -0.450 e. The number of halogens is 4. The van der Waals surface area contributed by atoms with E-state index in [1.807, 2.05) is 0 Å². The van der Waals surface area contributed by atoms with Crippen molar-refractivity contribution in [1.29, 1.82) is 0 Å². The van der Waals surface area contributed by atoms with E-state index in [0.29, 0.717) is 21.7 Å². The van der Waals surface area contributed by atoms with Crippen molar-refractivity contribution in [2.45, 2.75) is 50.4 Å². The summed E-state index contributed by atoms with van der Waals surface area (Å²) in [6, 6.07) is 4.98. The second kappa shape index (κ2) is 8.19. The molecule has 0 saturated heterocycles. The van der Waals surface area contributed by atoms with E-state index >= 15 is 0 Å². The van der Waals surface area contributed by atoms with Crippen molar-refractivity contribution in [2.75, 3.05) is 5.32 Å². The van der Waals surface area contributed by atoms with Crippen LogP contribution in [0, 0.1) is 0 Å². The molecule has 1 aromatic carbocycles. The van der Waals surface area contributed by atoms with Crippen LogP contribution in [0.5, 0.6) is 0 Å². The van der Waals surface area contributed by atoms with Gasteiger partial charge in [0.05, 0.1) is 34.1 Å². The third-order valence-corrected chi connectivity index (χ3v) is 6.64. The first-order chi connectivity index (χ1) is 16.2. The third kappa shape index (κ3) is 3.96. The summed E-state index contributed by atoms with van der Waals surface area (Å²) in [5, 5.41) is 9.39. The molecule has 34 heavy (non-hydrogen) atoms. The van der Waals surface area contributed by atoms with Crippen LogP contribution < -0.4 is 16.0 Å². The lowest BCUT2D eigenvalue weighted by molar-refractivity contribution is -0.137. The van der Waals surface area contributed by atoms with Gasteiger partial charge in [-0.3, -0.25) is 9.78 Å². The second-order valence-electron chi connectivity index (χ2n) is 8.58. The number of nitrogens with zero attached hydrogens (tertiary/aromatic N) is 1. The van der Waals surface area contributed by atoms with Gasteiger partial charge in [-0.2, -0.15) is 13.2 Å². The molecule has 0 radical (unpaired) electrons. The van der Waals surface area contributed by atoms with Crippen LogP contribution in [0.4, 0.5) is 23.7 Å². The van der Waals surface area contributed by atoms with Gasteiger partial charge in [-0.1, -0.05) is 30.9 Å². The summed E-state index contributed by atoms with van der Waals surface area (Å²) >= 11 is 6.49. The van der Waals surface area contributed by atoms with Crippen LogP contribution in [0.1, 0.15) is 59.5 Å². The maximum atomic E-state index is 12.8. The summed E-state index contributed by atoms with van der Waals surface area (Å²) in [4.78, 5) is 28.9. The molecule has 11 heteroatoms. The molecule has 0 bridgehead atoms. The molecule has 1 saturated carbocycles. The number of fused-ring (bicyclic) bond motifs is 4. The van der Waals surface area contributed by atoms with Crippen LogP contribution in [0.2, 0.25) is 5.02 Å². The zero-order valence-electron chi connectivity index (χ0n) is 17.8. The molecule has 1 aliphatic carbocycles. The molecule has 2 aromatic heterocycles. The van der Waals surface area contributed by atoms with E-state index in [0.717, 1.165) is 49.9 Å². The number of carbonyl (C=O) groups is 2. The maximum Gasteiger partial charge on any atom is 0.417 e. The summed E-state index contributed by atoms with van der Waals surface area (Å²) < 4.78 is 44.1. The molecule has 3 N–H and O–H groups in total. The summed E-state index contributed by atoms with van der Waals surface area (Å²) in [6.45, 7) is -0.0750. The Hall–Kier alpha value is -3.27. The van der Waals surface area contributed by atoms with Crippen molar-refractivity contribution >= 4 is 40.2 Å². The molecule has 0 atom stereocenters. The Bertz CT molecular complexity index is 1280. The number of benzene rings is 1. The van der Waals surface area contributed by atoms with Gasteiger partial charge in [0.15, 0.2) is 5.76 Å². The number of carbonyl (C=O) groups excluding carboxylic acids is 2. The van der Waals surface area contributed by atoms with E-state index in [2.05, 4.69) is 20.9 Å². The smallest absolute Gasteiger partial charge is 0.417 e. The van der Waals surface area contributed by atoms with Crippen LogP contribution in [0.15, 0.2) is 34.9 Å². The SMILES string of the molecule is O=C1Nc2c(Cl)cc3cc(C(=O)NCc4ccc(C(F)(F)F)cn4)oc3c2C2(CCCCC2)N1. The fourth-order valence-corrected chi connectivity index (χ4v) is 5.01. The van der Waals surface area contributed by atoms with Crippen LogP contribution >= 0.6 is 11.6 Å². The highest BCUT2D eigenvalue weighted by Gasteiger charge is 2.44. The molecule has 178 valence electrons. The predicted octanol–water partition coefficient (Wildman–Crippen LogP) is 5.72. The lowest BCUT2D eigenvalue weighted by Crippen LogP contribution is -2.52. The summed E-state index contributed by atoms with van der Waals surface area (Å²) in [5.74, 6) is -0.525. The topological polar surface area (TPSA) is 96.3 Å². The van der Waals surface area contributed by atoms with Crippen molar-refractivity contribution in [3.05, 3.63) is 58.1 Å². The van der Waals surface area contributed by atoms with Gasteiger partial charge in [0.2, 0.25) is 0 Å². The van der Waals surface area contributed by atoms with Crippen molar-refractivity contribution in [1.82, 2.24) is 15.6 Å². The van der Waals surface area contributed by atoms with Gasteiger partial charge in [0.25, 0.3) is 5.91 Å². The monoisotopic (exact) mass is 492 g/mol. The molecule has 7 nitrogen and oxygen atoms in total. The minimum absolute atomic E-state index is 0.0224. The van der Waals surface area contributed by atoms with Crippen molar-refractivity contribution in [3.63, 3.8) is 0 Å². The Labute approximate surface area is 197 Å².